The van der Waals surface area contributed by atoms with Crippen LogP contribution in [0.1, 0.15) is 45.4 Å². The Bertz CT molecular complexity index is 259. The molecule has 0 aromatic rings. The smallest absolute Gasteiger partial charge is 0.222 e. The Balaban J connectivity index is 1.91. The third-order valence-corrected chi connectivity index (χ3v) is 4.26. The van der Waals surface area contributed by atoms with Gasteiger partial charge in [-0.05, 0) is 30.7 Å². The van der Waals surface area contributed by atoms with E-state index in [9.17, 15) is 4.79 Å². The van der Waals surface area contributed by atoms with Gasteiger partial charge in [-0.1, -0.05) is 26.2 Å². The summed E-state index contributed by atoms with van der Waals surface area (Å²) in [5.41, 5.74) is 6.02. The number of hydrogen-bond donors (Lipinski definition) is 1. The Morgan fingerprint density at radius 2 is 2.06 bits per heavy atom. The summed E-state index contributed by atoms with van der Waals surface area (Å²) in [6.07, 6.45) is 7.27. The van der Waals surface area contributed by atoms with Gasteiger partial charge in [-0.2, -0.15) is 0 Å². The monoisotopic (exact) mass is 224 g/mol. The van der Waals surface area contributed by atoms with Gasteiger partial charge in [-0.3, -0.25) is 4.79 Å². The molecule has 16 heavy (non-hydrogen) atoms. The minimum atomic E-state index is 0.322. The van der Waals surface area contributed by atoms with Crippen LogP contribution in [-0.2, 0) is 4.79 Å². The molecule has 2 fully saturated rings. The fourth-order valence-electron chi connectivity index (χ4n) is 3.19. The lowest BCUT2D eigenvalue weighted by atomic mass is 9.75. The average Bonchev–Trinajstić information content (AvgIpc) is 2.60. The van der Waals surface area contributed by atoms with E-state index < -0.39 is 0 Å². The Hall–Kier alpha value is -0.570. The highest BCUT2D eigenvalue weighted by molar-refractivity contribution is 5.78. The van der Waals surface area contributed by atoms with E-state index in [1.165, 1.54) is 32.1 Å². The molecule has 2 aliphatic rings. The van der Waals surface area contributed by atoms with Crippen LogP contribution in [-0.4, -0.2) is 30.4 Å². The Morgan fingerprint density at radius 1 is 1.38 bits per heavy atom. The summed E-state index contributed by atoms with van der Waals surface area (Å²) in [6.45, 7) is 4.85. The van der Waals surface area contributed by atoms with E-state index in [0.29, 0.717) is 30.2 Å². The highest BCUT2D eigenvalue weighted by Gasteiger charge is 2.35. The fourth-order valence-corrected chi connectivity index (χ4v) is 3.19. The third-order valence-electron chi connectivity index (χ3n) is 4.26. The number of nitrogens with zero attached hydrogens (tertiary/aromatic N) is 1. The summed E-state index contributed by atoms with van der Waals surface area (Å²) in [5, 5.41) is 0. The minimum absolute atomic E-state index is 0.322. The van der Waals surface area contributed by atoms with Gasteiger partial charge in [0.1, 0.15) is 0 Å². The predicted molar refractivity (Wildman–Crippen MR) is 64.9 cm³/mol. The zero-order valence-electron chi connectivity index (χ0n) is 10.4. The second-order valence-corrected chi connectivity index (χ2v) is 5.95. The van der Waals surface area contributed by atoms with Crippen molar-refractivity contribution in [1.29, 1.82) is 0 Å². The van der Waals surface area contributed by atoms with E-state index in [1.807, 2.05) is 0 Å². The molecule has 1 amide bonds. The van der Waals surface area contributed by atoms with Crippen molar-refractivity contribution in [3.05, 3.63) is 0 Å². The van der Waals surface area contributed by atoms with Gasteiger partial charge >= 0.3 is 0 Å². The molecule has 0 radical (unpaired) electrons. The first-order valence-corrected chi connectivity index (χ1v) is 6.61. The van der Waals surface area contributed by atoms with Gasteiger partial charge in [-0.15, -0.1) is 0 Å². The number of hydrogen-bond acceptors (Lipinski definition) is 2. The lowest BCUT2D eigenvalue weighted by Gasteiger charge is -2.37. The second kappa shape index (κ2) is 4.74. The molecule has 1 unspecified atom stereocenters. The highest BCUT2D eigenvalue weighted by Crippen LogP contribution is 2.37. The quantitative estimate of drug-likeness (QED) is 0.794. The van der Waals surface area contributed by atoms with Crippen molar-refractivity contribution in [3.63, 3.8) is 0 Å². The molecule has 2 N–H and O–H groups in total. The van der Waals surface area contributed by atoms with Crippen LogP contribution in [0.25, 0.3) is 0 Å². The van der Waals surface area contributed by atoms with Gasteiger partial charge in [0.05, 0.1) is 0 Å². The predicted octanol–water partition coefficient (Wildman–Crippen LogP) is 1.76. The SMILES string of the molecule is CC1(CN2CC(CN)CC2=O)CCCCC1. The number of amides is 1. The van der Waals surface area contributed by atoms with Crippen LogP contribution in [0.4, 0.5) is 0 Å². The number of likely N-dealkylation sites (tertiary alicyclic amines) is 1. The van der Waals surface area contributed by atoms with Gasteiger partial charge in [-0.25, -0.2) is 0 Å². The summed E-state index contributed by atoms with van der Waals surface area (Å²) < 4.78 is 0. The fraction of sp³-hybridized carbons (Fsp3) is 0.923. The first-order valence-electron chi connectivity index (χ1n) is 6.61. The number of rotatable bonds is 3. The molecule has 1 aliphatic carbocycles. The van der Waals surface area contributed by atoms with Gasteiger partial charge in [0.15, 0.2) is 0 Å². The van der Waals surface area contributed by atoms with Gasteiger partial charge in [0.25, 0.3) is 0 Å². The summed E-state index contributed by atoms with van der Waals surface area (Å²) in [6, 6.07) is 0. The van der Waals surface area contributed by atoms with Crippen molar-refractivity contribution in [3.8, 4) is 0 Å². The Labute approximate surface area is 98.4 Å². The van der Waals surface area contributed by atoms with Crippen molar-refractivity contribution in [2.45, 2.75) is 45.4 Å². The second-order valence-electron chi connectivity index (χ2n) is 5.95. The first kappa shape index (κ1) is 11.9. The topological polar surface area (TPSA) is 46.3 Å². The van der Waals surface area contributed by atoms with Gasteiger partial charge in [0, 0.05) is 19.5 Å². The van der Waals surface area contributed by atoms with Crippen LogP contribution in [0, 0.1) is 11.3 Å². The first-order chi connectivity index (χ1) is 7.63. The van der Waals surface area contributed by atoms with E-state index in [1.54, 1.807) is 0 Å². The lowest BCUT2D eigenvalue weighted by Crippen LogP contribution is -2.38. The number of carbonyl (C=O) groups is 1. The van der Waals surface area contributed by atoms with Crippen molar-refractivity contribution < 1.29 is 4.79 Å². The largest absolute Gasteiger partial charge is 0.342 e. The number of nitrogens with two attached hydrogens (primary N) is 1. The molecular weight excluding hydrogens is 200 g/mol. The molecule has 92 valence electrons. The summed E-state index contributed by atoms with van der Waals surface area (Å²) in [5.74, 6) is 0.724. The van der Waals surface area contributed by atoms with E-state index >= 15 is 0 Å². The molecule has 3 heteroatoms. The average molecular weight is 224 g/mol. The molecule has 0 aromatic heterocycles. The van der Waals surface area contributed by atoms with Crippen LogP contribution in [0.2, 0.25) is 0 Å². The number of carbonyl (C=O) groups excluding carboxylic acids is 1. The zero-order valence-corrected chi connectivity index (χ0v) is 10.4. The maximum absolute atomic E-state index is 11.8. The third kappa shape index (κ3) is 2.57. The van der Waals surface area contributed by atoms with E-state index in [0.717, 1.165) is 13.1 Å². The molecule has 3 nitrogen and oxygen atoms in total. The lowest BCUT2D eigenvalue weighted by molar-refractivity contribution is -0.129. The molecule has 1 saturated carbocycles. The summed E-state index contributed by atoms with van der Waals surface area (Å²) in [4.78, 5) is 13.9. The molecule has 2 rings (SSSR count). The van der Waals surface area contributed by atoms with Crippen LogP contribution in [0.3, 0.4) is 0 Å². The van der Waals surface area contributed by atoms with Gasteiger partial charge in [0.2, 0.25) is 5.91 Å². The maximum Gasteiger partial charge on any atom is 0.222 e. The molecule has 0 bridgehead atoms. The normalized spacial score (nSPS) is 29.8. The summed E-state index contributed by atoms with van der Waals surface area (Å²) >= 11 is 0. The van der Waals surface area contributed by atoms with Crippen LogP contribution in [0.15, 0.2) is 0 Å². The standard InChI is InChI=1S/C13H24N2O/c1-13(5-3-2-4-6-13)10-15-9-11(8-14)7-12(15)16/h11H,2-10,14H2,1H3. The molecule has 1 aliphatic heterocycles. The van der Waals surface area contributed by atoms with Crippen molar-refractivity contribution in [2.75, 3.05) is 19.6 Å². The van der Waals surface area contributed by atoms with Gasteiger partial charge < -0.3 is 10.6 Å². The van der Waals surface area contributed by atoms with E-state index in [2.05, 4.69) is 11.8 Å². The molecule has 1 heterocycles. The van der Waals surface area contributed by atoms with Crippen molar-refractivity contribution >= 4 is 5.91 Å². The summed E-state index contributed by atoms with van der Waals surface area (Å²) in [7, 11) is 0. The Morgan fingerprint density at radius 3 is 2.62 bits per heavy atom. The van der Waals surface area contributed by atoms with Crippen LogP contribution < -0.4 is 5.73 Å². The molecule has 1 atom stereocenters. The molecule has 1 saturated heterocycles. The molecule has 0 spiro atoms. The molecule has 0 aromatic carbocycles. The Kier molecular flexibility index (Phi) is 3.53. The van der Waals surface area contributed by atoms with Crippen LogP contribution >= 0.6 is 0 Å². The van der Waals surface area contributed by atoms with E-state index in [-0.39, 0.29) is 0 Å². The maximum atomic E-state index is 11.8. The molecular formula is C13H24N2O. The highest BCUT2D eigenvalue weighted by atomic mass is 16.2. The minimum Gasteiger partial charge on any atom is -0.342 e. The zero-order chi connectivity index (χ0) is 11.6. The van der Waals surface area contributed by atoms with Crippen molar-refractivity contribution in [2.24, 2.45) is 17.1 Å². The van der Waals surface area contributed by atoms with Crippen LogP contribution in [0.5, 0.6) is 0 Å². The van der Waals surface area contributed by atoms with E-state index in [4.69, 9.17) is 5.73 Å². The van der Waals surface area contributed by atoms with Crippen molar-refractivity contribution in [1.82, 2.24) is 4.90 Å².